The van der Waals surface area contributed by atoms with E-state index in [9.17, 15) is 4.79 Å². The number of anilines is 1. The van der Waals surface area contributed by atoms with Gasteiger partial charge in [-0.15, -0.1) is 0 Å². The number of nitrogens with two attached hydrogens (primary N) is 1. The van der Waals surface area contributed by atoms with Crippen molar-refractivity contribution in [1.82, 2.24) is 5.01 Å². The van der Waals surface area contributed by atoms with Gasteiger partial charge in [0, 0.05) is 20.0 Å². The number of amides is 1. The van der Waals surface area contributed by atoms with Crippen molar-refractivity contribution in [2.24, 2.45) is 5.84 Å². The molecule has 29 heavy (non-hydrogen) atoms. The van der Waals surface area contributed by atoms with E-state index in [1.54, 1.807) is 9.91 Å². The van der Waals surface area contributed by atoms with Crippen LogP contribution in [0, 0.1) is 0 Å². The van der Waals surface area contributed by atoms with Crippen LogP contribution in [0.1, 0.15) is 30.5 Å². The van der Waals surface area contributed by atoms with E-state index in [4.69, 9.17) is 15.3 Å². The largest absolute Gasteiger partial charge is 0.490 e. The van der Waals surface area contributed by atoms with E-state index >= 15 is 0 Å². The van der Waals surface area contributed by atoms with Crippen molar-refractivity contribution in [3.05, 3.63) is 59.2 Å². The fraction of sp³-hybridized carbons (Fsp3) is 0.435. The second kappa shape index (κ2) is 9.76. The zero-order valence-corrected chi connectivity index (χ0v) is 17.6. The van der Waals surface area contributed by atoms with Gasteiger partial charge in [0.15, 0.2) is 0 Å². The smallest absolute Gasteiger partial charge is 0.414 e. The lowest BCUT2D eigenvalue weighted by Crippen LogP contribution is -2.40. The maximum atomic E-state index is 12.9. The molecule has 1 unspecified atom stereocenters. The van der Waals surface area contributed by atoms with E-state index < -0.39 is 0 Å². The zero-order chi connectivity index (χ0) is 20.8. The summed E-state index contributed by atoms with van der Waals surface area (Å²) in [6.45, 7) is 5.73. The van der Waals surface area contributed by atoms with Gasteiger partial charge in [-0.25, -0.2) is 9.80 Å². The van der Waals surface area contributed by atoms with Gasteiger partial charge in [0.2, 0.25) is 0 Å². The van der Waals surface area contributed by atoms with E-state index in [-0.39, 0.29) is 12.2 Å². The monoisotopic (exact) mass is 397 g/mol. The maximum Gasteiger partial charge on any atom is 0.414 e. The Morgan fingerprint density at radius 2 is 2.03 bits per heavy atom. The number of hydrogen-bond donors (Lipinski definition) is 1. The van der Waals surface area contributed by atoms with E-state index in [1.165, 1.54) is 11.1 Å². The third-order valence-corrected chi connectivity index (χ3v) is 5.15. The molecule has 1 atom stereocenters. The third kappa shape index (κ3) is 5.49. The molecule has 2 aromatic carbocycles. The first-order chi connectivity index (χ1) is 14.0. The highest BCUT2D eigenvalue weighted by Crippen LogP contribution is 2.35. The molecule has 0 aromatic heterocycles. The average Bonchev–Trinajstić information content (AvgIpc) is 2.71. The second-order valence-electron chi connectivity index (χ2n) is 7.56. The standard InChI is InChI=1S/C23H31N3O3/c1-4-19-16-22-21(15-20(19)10-11-25(3)24)26(12-13-28-22)23(27)29-17(2)14-18-8-6-5-7-9-18/h5-9,15-17H,4,10-14,24H2,1-3H3. The number of benzene rings is 2. The zero-order valence-electron chi connectivity index (χ0n) is 17.6. The normalized spacial score (nSPS) is 14.3. The fourth-order valence-electron chi connectivity index (χ4n) is 3.62. The third-order valence-electron chi connectivity index (χ3n) is 5.15. The van der Waals surface area contributed by atoms with Crippen molar-refractivity contribution in [3.63, 3.8) is 0 Å². The minimum Gasteiger partial charge on any atom is -0.490 e. The van der Waals surface area contributed by atoms with Crippen molar-refractivity contribution < 1.29 is 14.3 Å². The maximum absolute atomic E-state index is 12.9. The summed E-state index contributed by atoms with van der Waals surface area (Å²) < 4.78 is 11.6. The highest BCUT2D eigenvalue weighted by atomic mass is 16.6. The fourth-order valence-corrected chi connectivity index (χ4v) is 3.62. The number of hydrogen-bond acceptors (Lipinski definition) is 5. The summed E-state index contributed by atoms with van der Waals surface area (Å²) in [6, 6.07) is 14.2. The van der Waals surface area contributed by atoms with Crippen molar-refractivity contribution in [2.75, 3.05) is 31.6 Å². The van der Waals surface area contributed by atoms with Gasteiger partial charge in [0.05, 0.1) is 12.2 Å². The molecule has 1 aliphatic heterocycles. The predicted molar refractivity (Wildman–Crippen MR) is 115 cm³/mol. The summed E-state index contributed by atoms with van der Waals surface area (Å²) in [7, 11) is 1.85. The van der Waals surface area contributed by atoms with Crippen molar-refractivity contribution in [2.45, 2.75) is 39.2 Å². The molecule has 6 nitrogen and oxygen atoms in total. The molecule has 1 heterocycles. The minimum absolute atomic E-state index is 0.212. The molecular formula is C23H31N3O3. The van der Waals surface area contributed by atoms with Crippen LogP contribution in [0.2, 0.25) is 0 Å². The van der Waals surface area contributed by atoms with Gasteiger partial charge < -0.3 is 9.47 Å². The molecule has 0 saturated heterocycles. The Labute approximate surface area is 173 Å². The molecule has 156 valence electrons. The van der Waals surface area contributed by atoms with Crippen LogP contribution < -0.4 is 15.5 Å². The van der Waals surface area contributed by atoms with Crippen LogP contribution in [0.5, 0.6) is 5.75 Å². The minimum atomic E-state index is -0.330. The first-order valence-corrected chi connectivity index (χ1v) is 10.2. The molecule has 6 heteroatoms. The summed E-state index contributed by atoms with van der Waals surface area (Å²) in [4.78, 5) is 14.6. The van der Waals surface area contributed by atoms with Gasteiger partial charge in [-0.2, -0.15) is 0 Å². The lowest BCUT2D eigenvalue weighted by Gasteiger charge is -2.31. The number of carbonyl (C=O) groups excluding carboxylic acids is 1. The molecular weight excluding hydrogens is 366 g/mol. The quantitative estimate of drug-likeness (QED) is 0.571. The summed E-state index contributed by atoms with van der Waals surface area (Å²) in [5.74, 6) is 6.53. The molecule has 0 aliphatic carbocycles. The molecule has 0 fully saturated rings. The Morgan fingerprint density at radius 3 is 2.72 bits per heavy atom. The lowest BCUT2D eigenvalue weighted by molar-refractivity contribution is 0.111. The van der Waals surface area contributed by atoms with Crippen LogP contribution in [-0.4, -0.2) is 44.0 Å². The van der Waals surface area contributed by atoms with Crippen LogP contribution >= 0.6 is 0 Å². The van der Waals surface area contributed by atoms with Gasteiger partial charge in [0.1, 0.15) is 18.5 Å². The number of rotatable bonds is 7. The number of aryl methyl sites for hydroxylation is 1. The van der Waals surface area contributed by atoms with Crippen LogP contribution in [0.4, 0.5) is 10.5 Å². The molecule has 2 aromatic rings. The molecule has 0 spiro atoms. The Morgan fingerprint density at radius 1 is 1.28 bits per heavy atom. The summed E-state index contributed by atoms with van der Waals surface area (Å²) in [6.07, 6.45) is 1.86. The number of fused-ring (bicyclic) bond motifs is 1. The van der Waals surface area contributed by atoms with E-state index in [1.807, 2.05) is 50.4 Å². The van der Waals surface area contributed by atoms with Crippen LogP contribution in [0.25, 0.3) is 0 Å². The van der Waals surface area contributed by atoms with Gasteiger partial charge >= 0.3 is 6.09 Å². The Balaban J connectivity index is 1.75. The highest BCUT2D eigenvalue weighted by molar-refractivity contribution is 5.90. The SMILES string of the molecule is CCc1cc2c(cc1CCN(C)N)N(C(=O)OC(C)Cc1ccccc1)CCO2. The summed E-state index contributed by atoms with van der Waals surface area (Å²) >= 11 is 0. The lowest BCUT2D eigenvalue weighted by atomic mass is 10.00. The molecule has 0 radical (unpaired) electrons. The van der Waals surface area contributed by atoms with E-state index in [0.29, 0.717) is 19.6 Å². The Hall–Kier alpha value is -2.57. The first kappa shape index (κ1) is 21.1. The molecule has 3 rings (SSSR count). The van der Waals surface area contributed by atoms with E-state index in [0.717, 1.165) is 36.4 Å². The number of nitrogens with zero attached hydrogens (tertiary/aromatic N) is 2. The Bertz CT molecular complexity index is 824. The number of carbonyl (C=O) groups is 1. The molecule has 1 aliphatic rings. The number of ether oxygens (including phenoxy) is 2. The number of hydrazine groups is 1. The van der Waals surface area contributed by atoms with Crippen molar-refractivity contribution >= 4 is 11.8 Å². The Kier molecular flexibility index (Phi) is 7.12. The van der Waals surface area contributed by atoms with Gasteiger partial charge in [-0.3, -0.25) is 10.7 Å². The first-order valence-electron chi connectivity index (χ1n) is 10.2. The second-order valence-corrected chi connectivity index (χ2v) is 7.56. The summed E-state index contributed by atoms with van der Waals surface area (Å²) in [5, 5.41) is 1.67. The van der Waals surface area contributed by atoms with E-state index in [2.05, 4.69) is 13.0 Å². The van der Waals surface area contributed by atoms with Gasteiger partial charge in [-0.05, 0) is 48.6 Å². The van der Waals surface area contributed by atoms with Crippen LogP contribution in [-0.2, 0) is 24.0 Å². The molecule has 2 N–H and O–H groups in total. The molecule has 0 saturated carbocycles. The predicted octanol–water partition coefficient (Wildman–Crippen LogP) is 3.56. The van der Waals surface area contributed by atoms with Crippen molar-refractivity contribution in [3.8, 4) is 5.75 Å². The number of likely N-dealkylation sites (N-methyl/N-ethyl adjacent to an activating group) is 1. The highest BCUT2D eigenvalue weighted by Gasteiger charge is 2.27. The van der Waals surface area contributed by atoms with Crippen molar-refractivity contribution in [1.29, 1.82) is 0 Å². The van der Waals surface area contributed by atoms with Crippen LogP contribution in [0.3, 0.4) is 0 Å². The molecule has 1 amide bonds. The summed E-state index contributed by atoms with van der Waals surface area (Å²) in [5.41, 5.74) is 4.33. The van der Waals surface area contributed by atoms with Gasteiger partial charge in [0.25, 0.3) is 0 Å². The van der Waals surface area contributed by atoms with Crippen LogP contribution in [0.15, 0.2) is 42.5 Å². The topological polar surface area (TPSA) is 68.0 Å². The van der Waals surface area contributed by atoms with Gasteiger partial charge in [-0.1, -0.05) is 37.3 Å². The average molecular weight is 398 g/mol. The molecule has 0 bridgehead atoms.